The molecular formula is C23H27N3O4. The number of ether oxygens (including phenoxy) is 2. The van der Waals surface area contributed by atoms with Crippen LogP contribution >= 0.6 is 0 Å². The lowest BCUT2D eigenvalue weighted by Gasteiger charge is -2.17. The zero-order chi connectivity index (χ0) is 22.3. The molecule has 0 radical (unpaired) electrons. The van der Waals surface area contributed by atoms with Gasteiger partial charge < -0.3 is 19.4 Å². The van der Waals surface area contributed by atoms with Crippen LogP contribution < -0.4 is 5.32 Å². The lowest BCUT2D eigenvalue weighted by Crippen LogP contribution is -2.21. The van der Waals surface area contributed by atoms with E-state index >= 15 is 0 Å². The number of hydrogen-bond donors (Lipinski definition) is 1. The Morgan fingerprint density at radius 2 is 1.90 bits per heavy atom. The van der Waals surface area contributed by atoms with Gasteiger partial charge in [0.15, 0.2) is 6.61 Å². The summed E-state index contributed by atoms with van der Waals surface area (Å²) in [6, 6.07) is 11.1. The number of methoxy groups -OCH3 is 1. The summed E-state index contributed by atoms with van der Waals surface area (Å²) in [5.74, 6) is -1.32. The molecule has 7 nitrogen and oxygen atoms in total. The average molecular weight is 409 g/mol. The fourth-order valence-electron chi connectivity index (χ4n) is 3.28. The van der Waals surface area contributed by atoms with Gasteiger partial charge in [-0.25, -0.2) is 4.79 Å². The molecule has 7 heteroatoms. The molecule has 1 aromatic carbocycles. The predicted octanol–water partition coefficient (Wildman–Crippen LogP) is 3.71. The van der Waals surface area contributed by atoms with Crippen molar-refractivity contribution >= 4 is 23.6 Å². The van der Waals surface area contributed by atoms with Crippen molar-refractivity contribution in [2.45, 2.75) is 33.7 Å². The van der Waals surface area contributed by atoms with Gasteiger partial charge in [0.1, 0.15) is 11.6 Å². The number of carbonyl (C=O) groups is 2. The molecule has 0 fully saturated rings. The van der Waals surface area contributed by atoms with Gasteiger partial charge in [-0.3, -0.25) is 4.79 Å². The number of nitrogens with zero attached hydrogens (tertiary/aromatic N) is 2. The number of aryl methyl sites for hydroxylation is 2. The van der Waals surface area contributed by atoms with Crippen molar-refractivity contribution in [3.8, 4) is 6.07 Å². The van der Waals surface area contributed by atoms with Crippen LogP contribution in [0.3, 0.4) is 0 Å². The van der Waals surface area contributed by atoms with Crippen molar-refractivity contribution in [2.24, 2.45) is 0 Å². The second-order valence-electron chi connectivity index (χ2n) is 7.16. The van der Waals surface area contributed by atoms with Crippen LogP contribution in [0.15, 0.2) is 35.9 Å². The predicted molar refractivity (Wildman–Crippen MR) is 115 cm³/mol. The molecule has 0 aliphatic rings. The Labute approximate surface area is 176 Å². The fourth-order valence-corrected chi connectivity index (χ4v) is 3.28. The molecule has 1 heterocycles. The molecule has 1 amide bonds. The summed E-state index contributed by atoms with van der Waals surface area (Å²) in [5, 5.41) is 12.0. The number of amides is 1. The van der Waals surface area contributed by atoms with Gasteiger partial charge in [-0.05, 0) is 57.5 Å². The van der Waals surface area contributed by atoms with E-state index in [0.29, 0.717) is 12.3 Å². The fraction of sp³-hybridized carbons (Fsp3) is 0.348. The third-order valence-corrected chi connectivity index (χ3v) is 4.68. The van der Waals surface area contributed by atoms with Crippen molar-refractivity contribution in [3.05, 3.63) is 58.4 Å². The average Bonchev–Trinajstić information content (AvgIpc) is 2.99. The van der Waals surface area contributed by atoms with E-state index in [-0.39, 0.29) is 11.6 Å². The highest BCUT2D eigenvalue weighted by atomic mass is 16.5. The largest absolute Gasteiger partial charge is 0.451 e. The minimum Gasteiger partial charge on any atom is -0.451 e. The first-order chi connectivity index (χ1) is 14.3. The van der Waals surface area contributed by atoms with Crippen molar-refractivity contribution in [2.75, 3.05) is 25.6 Å². The highest BCUT2D eigenvalue weighted by Gasteiger charge is 2.17. The molecular weight excluding hydrogens is 382 g/mol. The zero-order valence-corrected chi connectivity index (χ0v) is 18.0. The molecule has 0 saturated heterocycles. The van der Waals surface area contributed by atoms with E-state index < -0.39 is 18.5 Å². The smallest absolute Gasteiger partial charge is 0.349 e. The molecule has 1 aromatic heterocycles. The molecule has 1 atom stereocenters. The summed E-state index contributed by atoms with van der Waals surface area (Å²) in [5.41, 5.74) is 4.15. The summed E-state index contributed by atoms with van der Waals surface area (Å²) < 4.78 is 12.3. The normalized spacial score (nSPS) is 12.2. The number of rotatable bonds is 8. The maximum atomic E-state index is 12.3. The van der Waals surface area contributed by atoms with Gasteiger partial charge in [0, 0.05) is 24.2 Å². The second kappa shape index (κ2) is 10.4. The van der Waals surface area contributed by atoms with E-state index in [1.165, 1.54) is 6.08 Å². The summed E-state index contributed by atoms with van der Waals surface area (Å²) in [4.78, 5) is 24.3. The van der Waals surface area contributed by atoms with Gasteiger partial charge in [0.25, 0.3) is 5.91 Å². The van der Waals surface area contributed by atoms with Crippen LogP contribution in [0.25, 0.3) is 6.08 Å². The number of hydrogen-bond acceptors (Lipinski definition) is 5. The molecule has 0 spiro atoms. The van der Waals surface area contributed by atoms with Crippen molar-refractivity contribution < 1.29 is 19.1 Å². The van der Waals surface area contributed by atoms with Crippen LogP contribution in [0.5, 0.6) is 0 Å². The van der Waals surface area contributed by atoms with Gasteiger partial charge in [0.2, 0.25) is 0 Å². The lowest BCUT2D eigenvalue weighted by atomic mass is 10.1. The monoisotopic (exact) mass is 409 g/mol. The van der Waals surface area contributed by atoms with Crippen LogP contribution in [0.4, 0.5) is 5.69 Å². The third kappa shape index (κ3) is 5.82. The maximum absolute atomic E-state index is 12.3. The summed E-state index contributed by atoms with van der Waals surface area (Å²) >= 11 is 0. The third-order valence-electron chi connectivity index (χ3n) is 4.68. The summed E-state index contributed by atoms with van der Waals surface area (Å²) in [7, 11) is 1.64. The van der Waals surface area contributed by atoms with Crippen LogP contribution in [-0.2, 0) is 19.1 Å². The Kier molecular flexibility index (Phi) is 7.96. The number of benzene rings is 1. The molecule has 30 heavy (non-hydrogen) atoms. The van der Waals surface area contributed by atoms with Crippen LogP contribution in [0.1, 0.15) is 35.5 Å². The Morgan fingerprint density at radius 1 is 1.23 bits per heavy atom. The Morgan fingerprint density at radius 3 is 2.50 bits per heavy atom. The summed E-state index contributed by atoms with van der Waals surface area (Å²) in [6.07, 6.45) is 1.48. The first-order valence-corrected chi connectivity index (χ1v) is 9.59. The number of nitrogens with one attached hydrogen (secondary N) is 1. The van der Waals surface area contributed by atoms with Gasteiger partial charge in [0.05, 0.1) is 12.6 Å². The van der Waals surface area contributed by atoms with E-state index in [0.717, 1.165) is 22.5 Å². The topological polar surface area (TPSA) is 93.3 Å². The van der Waals surface area contributed by atoms with E-state index in [1.807, 2.05) is 52.0 Å². The molecule has 1 N–H and O–H groups in total. The van der Waals surface area contributed by atoms with Crippen LogP contribution in [0, 0.1) is 32.1 Å². The highest BCUT2D eigenvalue weighted by Crippen LogP contribution is 2.23. The molecule has 158 valence electrons. The summed E-state index contributed by atoms with van der Waals surface area (Å²) in [6.45, 7) is 7.91. The van der Waals surface area contributed by atoms with Gasteiger partial charge in [-0.15, -0.1) is 0 Å². The number of esters is 1. The minimum atomic E-state index is -0.841. The molecule has 2 aromatic rings. The minimum absolute atomic E-state index is 0.111. The number of anilines is 1. The van der Waals surface area contributed by atoms with Crippen LogP contribution in [-0.4, -0.2) is 36.8 Å². The Balaban J connectivity index is 2.06. The molecule has 0 saturated carbocycles. The van der Waals surface area contributed by atoms with Gasteiger partial charge in [-0.2, -0.15) is 5.26 Å². The first-order valence-electron chi connectivity index (χ1n) is 9.59. The Bertz CT molecular complexity index is 981. The Hall–Kier alpha value is -3.37. The van der Waals surface area contributed by atoms with Crippen LogP contribution in [0.2, 0.25) is 0 Å². The van der Waals surface area contributed by atoms with Crippen molar-refractivity contribution in [1.29, 1.82) is 5.26 Å². The van der Waals surface area contributed by atoms with Crippen molar-refractivity contribution in [1.82, 2.24) is 4.57 Å². The highest BCUT2D eigenvalue weighted by molar-refractivity contribution is 6.00. The first kappa shape index (κ1) is 22.9. The lowest BCUT2D eigenvalue weighted by molar-refractivity contribution is -0.142. The number of carbonyl (C=O) groups excluding carboxylic acids is 2. The van der Waals surface area contributed by atoms with E-state index in [4.69, 9.17) is 9.47 Å². The van der Waals surface area contributed by atoms with E-state index in [9.17, 15) is 14.9 Å². The van der Waals surface area contributed by atoms with Gasteiger partial charge in [-0.1, -0.05) is 17.7 Å². The number of nitriles is 1. The number of aromatic nitrogens is 1. The SMILES string of the molecule is COC[C@H](C)n1c(C)cc(/C=C(\C#N)C(=O)OCC(=O)Nc2ccc(C)cc2)c1C. The molecule has 0 aliphatic carbocycles. The van der Waals surface area contributed by atoms with Gasteiger partial charge >= 0.3 is 5.97 Å². The van der Waals surface area contributed by atoms with E-state index in [2.05, 4.69) is 9.88 Å². The molecule has 0 aliphatic heterocycles. The molecule has 0 bridgehead atoms. The zero-order valence-electron chi connectivity index (χ0n) is 18.0. The molecule has 2 rings (SSSR count). The molecule has 0 unspecified atom stereocenters. The van der Waals surface area contributed by atoms with Crippen molar-refractivity contribution in [3.63, 3.8) is 0 Å². The van der Waals surface area contributed by atoms with E-state index in [1.54, 1.807) is 19.2 Å². The quantitative estimate of drug-likeness (QED) is 0.408. The standard InChI is InChI=1S/C23H27N3O4/c1-15-6-8-21(9-7-15)25-22(27)14-30-23(28)20(12-24)11-19-10-16(2)26(18(19)4)17(3)13-29-5/h6-11,17H,13-14H2,1-5H3,(H,25,27)/b20-11+/t17-/m0/s1. The maximum Gasteiger partial charge on any atom is 0.349 e. The second-order valence-corrected chi connectivity index (χ2v) is 7.16.